The molecule has 0 amide bonds. The molecule has 1 aromatic heterocycles. The van der Waals surface area contributed by atoms with Crippen LogP contribution >= 0.6 is 11.6 Å². The zero-order chi connectivity index (χ0) is 15.3. The summed E-state index contributed by atoms with van der Waals surface area (Å²) in [5.74, 6) is 0. The molecule has 0 saturated carbocycles. The van der Waals surface area contributed by atoms with Gasteiger partial charge in [-0.3, -0.25) is 0 Å². The highest BCUT2D eigenvalue weighted by atomic mass is 35.5. The summed E-state index contributed by atoms with van der Waals surface area (Å²) in [5, 5.41) is 9.49. The maximum atomic E-state index is 12.9. The molecule has 1 atom stereocenters. The van der Waals surface area contributed by atoms with E-state index in [-0.39, 0.29) is 15.9 Å². The minimum absolute atomic E-state index is 0.0868. The Balaban J connectivity index is 2.82. The van der Waals surface area contributed by atoms with Crippen LogP contribution in [0.25, 0.3) is 10.9 Å². The van der Waals surface area contributed by atoms with Crippen molar-refractivity contribution in [2.45, 2.75) is 18.2 Å². The molecule has 110 valence electrons. The number of hydrogen-bond acceptors (Lipinski definition) is 1. The fraction of sp³-hybridized carbons (Fsp3) is 0.333. The minimum Gasteiger partial charge on any atom is -0.372 e. The first-order valence-electron chi connectivity index (χ1n) is 5.41. The smallest absolute Gasteiger partial charge is 0.372 e. The maximum absolute atomic E-state index is 12.9. The number of rotatable bonds is 2. The number of benzene rings is 1. The van der Waals surface area contributed by atoms with Gasteiger partial charge >= 0.3 is 6.18 Å². The highest BCUT2D eigenvalue weighted by Crippen LogP contribution is 2.46. The molecule has 0 bridgehead atoms. The largest absolute Gasteiger partial charge is 0.427 e. The molecule has 20 heavy (non-hydrogen) atoms. The maximum Gasteiger partial charge on any atom is 0.427 e. The number of halogens is 6. The van der Waals surface area contributed by atoms with E-state index < -0.39 is 23.8 Å². The molecule has 2 nitrogen and oxygen atoms in total. The Kier molecular flexibility index (Phi) is 3.46. The Morgan fingerprint density at radius 2 is 1.85 bits per heavy atom. The second-order valence-electron chi connectivity index (χ2n) is 4.38. The second-order valence-corrected chi connectivity index (χ2v) is 4.82. The molecular formula is C12H9ClF5NO. The molecule has 1 aromatic carbocycles. The number of nitrogens with zero attached hydrogens (tertiary/aromatic N) is 1. The first-order valence-corrected chi connectivity index (χ1v) is 5.79. The lowest BCUT2D eigenvalue weighted by molar-refractivity contribution is -0.305. The third kappa shape index (κ3) is 2.05. The SMILES string of the molecule is Cn1cc(C(O)(C(F)F)C(F)(F)F)c2cc(Cl)ccc21. The Hall–Kier alpha value is -1.34. The summed E-state index contributed by atoms with van der Waals surface area (Å²) in [6.07, 6.45) is -8.70. The Morgan fingerprint density at radius 3 is 2.35 bits per heavy atom. The van der Waals surface area contributed by atoms with Crippen LogP contribution in [0.1, 0.15) is 5.56 Å². The van der Waals surface area contributed by atoms with E-state index in [0.29, 0.717) is 0 Å². The molecule has 2 aromatic rings. The van der Waals surface area contributed by atoms with Gasteiger partial charge in [0.25, 0.3) is 6.43 Å². The fourth-order valence-corrected chi connectivity index (χ4v) is 2.23. The summed E-state index contributed by atoms with van der Waals surface area (Å²) < 4.78 is 65.7. The molecule has 0 radical (unpaired) electrons. The highest BCUT2D eigenvalue weighted by Gasteiger charge is 2.62. The van der Waals surface area contributed by atoms with Crippen LogP contribution < -0.4 is 0 Å². The van der Waals surface area contributed by atoms with Crippen LogP contribution in [0.4, 0.5) is 22.0 Å². The summed E-state index contributed by atoms with van der Waals surface area (Å²) >= 11 is 5.68. The lowest BCUT2D eigenvalue weighted by Gasteiger charge is -2.29. The fourth-order valence-electron chi connectivity index (χ4n) is 2.06. The number of aryl methyl sites for hydroxylation is 1. The molecule has 0 aliphatic carbocycles. The van der Waals surface area contributed by atoms with Gasteiger partial charge in [-0.05, 0) is 18.2 Å². The molecule has 2 rings (SSSR count). The van der Waals surface area contributed by atoms with E-state index in [4.69, 9.17) is 11.6 Å². The van der Waals surface area contributed by atoms with Gasteiger partial charge in [0.1, 0.15) is 0 Å². The van der Waals surface area contributed by atoms with Crippen molar-refractivity contribution in [3.8, 4) is 0 Å². The monoisotopic (exact) mass is 313 g/mol. The highest BCUT2D eigenvalue weighted by molar-refractivity contribution is 6.31. The van der Waals surface area contributed by atoms with Crippen LogP contribution in [0, 0.1) is 0 Å². The van der Waals surface area contributed by atoms with E-state index in [1.54, 1.807) is 0 Å². The number of hydrogen-bond donors (Lipinski definition) is 1. The predicted octanol–water partition coefficient (Wildman–Crippen LogP) is 3.85. The summed E-state index contributed by atoms with van der Waals surface area (Å²) in [6, 6.07) is 3.93. The molecule has 8 heteroatoms. The molecule has 0 saturated heterocycles. The van der Waals surface area contributed by atoms with Gasteiger partial charge in [-0.25, -0.2) is 8.78 Å². The van der Waals surface area contributed by atoms with E-state index in [0.717, 1.165) is 12.3 Å². The molecule has 0 spiro atoms. The average molecular weight is 314 g/mol. The van der Waals surface area contributed by atoms with Crippen molar-refractivity contribution in [2.24, 2.45) is 7.05 Å². The third-order valence-corrected chi connectivity index (χ3v) is 3.35. The molecule has 1 N–H and O–H groups in total. The third-order valence-electron chi connectivity index (χ3n) is 3.11. The summed E-state index contributed by atoms with van der Waals surface area (Å²) in [5.41, 5.74) is -4.90. The van der Waals surface area contributed by atoms with Crippen LogP contribution in [0.15, 0.2) is 24.4 Å². The number of aliphatic hydroxyl groups is 1. The first kappa shape index (κ1) is 15.1. The van der Waals surface area contributed by atoms with Gasteiger partial charge in [-0.2, -0.15) is 13.2 Å². The van der Waals surface area contributed by atoms with Crippen molar-refractivity contribution < 1.29 is 27.1 Å². The normalized spacial score (nSPS) is 15.8. The van der Waals surface area contributed by atoms with Gasteiger partial charge in [-0.15, -0.1) is 0 Å². The van der Waals surface area contributed by atoms with Crippen molar-refractivity contribution in [1.82, 2.24) is 4.57 Å². The second kappa shape index (κ2) is 4.60. The zero-order valence-electron chi connectivity index (χ0n) is 10.0. The number of alkyl halides is 5. The van der Waals surface area contributed by atoms with Crippen LogP contribution in [-0.2, 0) is 12.6 Å². The van der Waals surface area contributed by atoms with Crippen LogP contribution in [0.5, 0.6) is 0 Å². The molecular weight excluding hydrogens is 305 g/mol. The molecule has 0 fully saturated rings. The Labute approximate surface area is 115 Å². The van der Waals surface area contributed by atoms with Crippen molar-refractivity contribution in [3.63, 3.8) is 0 Å². The van der Waals surface area contributed by atoms with E-state index >= 15 is 0 Å². The minimum atomic E-state index is -5.52. The molecule has 0 aliphatic heterocycles. The molecule has 0 aliphatic rings. The van der Waals surface area contributed by atoms with Gasteiger partial charge in [0.2, 0.25) is 5.60 Å². The molecule has 1 unspecified atom stereocenters. The van der Waals surface area contributed by atoms with Gasteiger partial charge in [0, 0.05) is 34.7 Å². The summed E-state index contributed by atoms with van der Waals surface area (Å²) in [6.45, 7) is 0. The van der Waals surface area contributed by atoms with Crippen molar-refractivity contribution in [1.29, 1.82) is 0 Å². The van der Waals surface area contributed by atoms with E-state index in [1.807, 2.05) is 0 Å². The van der Waals surface area contributed by atoms with E-state index in [1.165, 1.54) is 23.7 Å². The number of aromatic nitrogens is 1. The average Bonchev–Trinajstić information content (AvgIpc) is 2.63. The topological polar surface area (TPSA) is 25.2 Å². The van der Waals surface area contributed by atoms with Crippen molar-refractivity contribution in [2.75, 3.05) is 0 Å². The van der Waals surface area contributed by atoms with Crippen molar-refractivity contribution >= 4 is 22.5 Å². The quantitative estimate of drug-likeness (QED) is 0.837. The Bertz CT molecular complexity index is 651. The van der Waals surface area contributed by atoms with Gasteiger partial charge in [0.05, 0.1) is 0 Å². The number of fused-ring (bicyclic) bond motifs is 1. The van der Waals surface area contributed by atoms with Crippen LogP contribution in [0.2, 0.25) is 5.02 Å². The lowest BCUT2D eigenvalue weighted by atomic mass is 9.93. The van der Waals surface area contributed by atoms with Crippen LogP contribution in [-0.4, -0.2) is 22.3 Å². The van der Waals surface area contributed by atoms with Crippen LogP contribution in [0.3, 0.4) is 0 Å². The van der Waals surface area contributed by atoms with E-state index in [2.05, 4.69) is 0 Å². The van der Waals surface area contributed by atoms with Gasteiger partial charge in [-0.1, -0.05) is 11.6 Å². The molecule has 1 heterocycles. The van der Waals surface area contributed by atoms with Crippen molar-refractivity contribution in [3.05, 3.63) is 35.0 Å². The summed E-state index contributed by atoms with van der Waals surface area (Å²) in [7, 11) is 1.39. The zero-order valence-corrected chi connectivity index (χ0v) is 10.8. The predicted molar refractivity (Wildman–Crippen MR) is 63.9 cm³/mol. The standard InChI is InChI=1S/C12H9ClF5NO/c1-19-5-8(7-4-6(13)2-3-9(7)19)11(20,10(14)15)12(16,17)18/h2-5,10,20H,1H3. The van der Waals surface area contributed by atoms with E-state index in [9.17, 15) is 27.1 Å². The van der Waals surface area contributed by atoms with Gasteiger partial charge < -0.3 is 9.67 Å². The summed E-state index contributed by atoms with van der Waals surface area (Å²) in [4.78, 5) is 0. The lowest BCUT2D eigenvalue weighted by Crippen LogP contribution is -2.48. The first-order chi connectivity index (χ1) is 9.09. The van der Waals surface area contributed by atoms with Gasteiger partial charge in [0.15, 0.2) is 0 Å². The Morgan fingerprint density at radius 1 is 1.25 bits per heavy atom.